The molecule has 1 atom stereocenters. The molecule has 0 aliphatic carbocycles. The molecule has 0 radical (unpaired) electrons. The number of hydrogen-bond donors (Lipinski definition) is 1. The fraction of sp³-hybridized carbons (Fsp3) is 0.250. The average Bonchev–Trinajstić information content (AvgIpc) is 2.47. The molecular formula is C16H18N2O. The van der Waals surface area contributed by atoms with Crippen molar-refractivity contribution in [2.24, 2.45) is 0 Å². The van der Waals surface area contributed by atoms with Crippen molar-refractivity contribution in [2.75, 3.05) is 0 Å². The Morgan fingerprint density at radius 1 is 1.16 bits per heavy atom. The lowest BCUT2D eigenvalue weighted by Crippen LogP contribution is -2.33. The number of carbonyl (C=O) groups is 1. The Bertz CT molecular complexity index is 511. The molecule has 3 nitrogen and oxygen atoms in total. The molecule has 1 aromatic carbocycles. The maximum atomic E-state index is 11.9. The van der Waals surface area contributed by atoms with Gasteiger partial charge in [0.05, 0.1) is 0 Å². The Hall–Kier alpha value is -2.16. The number of nitrogens with one attached hydrogen (secondary N) is 1. The molecule has 0 unspecified atom stereocenters. The van der Waals surface area contributed by atoms with Crippen LogP contribution in [0.1, 0.15) is 29.4 Å². The van der Waals surface area contributed by atoms with E-state index in [1.54, 1.807) is 18.3 Å². The van der Waals surface area contributed by atoms with Crippen molar-refractivity contribution in [3.8, 4) is 0 Å². The number of carbonyl (C=O) groups excluding carboxylic acids is 1. The Morgan fingerprint density at radius 2 is 1.89 bits per heavy atom. The highest BCUT2D eigenvalue weighted by molar-refractivity contribution is 5.92. The van der Waals surface area contributed by atoms with Crippen molar-refractivity contribution in [3.05, 3.63) is 66.0 Å². The minimum Gasteiger partial charge on any atom is -0.348 e. The van der Waals surface area contributed by atoms with E-state index in [9.17, 15) is 4.79 Å². The van der Waals surface area contributed by atoms with Crippen LogP contribution in [0.5, 0.6) is 0 Å². The summed E-state index contributed by atoms with van der Waals surface area (Å²) in [4.78, 5) is 15.9. The summed E-state index contributed by atoms with van der Waals surface area (Å²) in [5, 5.41) is 2.96. The minimum absolute atomic E-state index is 0.110. The molecule has 0 saturated carbocycles. The molecule has 1 N–H and O–H groups in total. The predicted molar refractivity (Wildman–Crippen MR) is 75.9 cm³/mol. The maximum absolute atomic E-state index is 11.9. The van der Waals surface area contributed by atoms with Gasteiger partial charge in [0.2, 0.25) is 0 Å². The Balaban J connectivity index is 1.81. The molecule has 0 spiro atoms. The van der Waals surface area contributed by atoms with Crippen molar-refractivity contribution in [1.82, 2.24) is 10.3 Å². The van der Waals surface area contributed by atoms with Crippen molar-refractivity contribution in [1.29, 1.82) is 0 Å². The van der Waals surface area contributed by atoms with Crippen molar-refractivity contribution in [2.45, 2.75) is 25.8 Å². The summed E-state index contributed by atoms with van der Waals surface area (Å²) >= 11 is 0. The average molecular weight is 254 g/mol. The first kappa shape index (κ1) is 13.3. The van der Waals surface area contributed by atoms with Crippen LogP contribution in [-0.4, -0.2) is 16.9 Å². The molecule has 0 fully saturated rings. The molecule has 3 heteroatoms. The smallest absolute Gasteiger partial charge is 0.270 e. The summed E-state index contributed by atoms with van der Waals surface area (Å²) in [6, 6.07) is 15.8. The van der Waals surface area contributed by atoms with Crippen LogP contribution in [0, 0.1) is 0 Å². The standard InChI is InChI=1S/C16H18N2O/c1-13(10-11-14-7-3-2-4-8-14)18-16(19)15-9-5-6-12-17-15/h2-9,12-13H,10-11H2,1H3,(H,18,19)/t13-/m0/s1. The number of nitrogens with zero attached hydrogens (tertiary/aromatic N) is 1. The van der Waals surface area contributed by atoms with E-state index in [2.05, 4.69) is 22.4 Å². The van der Waals surface area contributed by atoms with Crippen LogP contribution in [0.3, 0.4) is 0 Å². The SMILES string of the molecule is C[C@@H](CCc1ccccc1)NC(=O)c1ccccn1. The largest absolute Gasteiger partial charge is 0.348 e. The lowest BCUT2D eigenvalue weighted by molar-refractivity contribution is 0.0933. The molecule has 98 valence electrons. The lowest BCUT2D eigenvalue weighted by Gasteiger charge is -2.13. The highest BCUT2D eigenvalue weighted by Gasteiger charge is 2.10. The summed E-state index contributed by atoms with van der Waals surface area (Å²) in [5.41, 5.74) is 1.76. The normalized spacial score (nSPS) is 11.8. The van der Waals surface area contributed by atoms with Gasteiger partial charge in [-0.05, 0) is 37.5 Å². The number of rotatable bonds is 5. The molecule has 0 bridgehead atoms. The summed E-state index contributed by atoms with van der Waals surface area (Å²) in [6.07, 6.45) is 3.51. The maximum Gasteiger partial charge on any atom is 0.270 e. The Labute approximate surface area is 113 Å². The molecule has 2 rings (SSSR count). The zero-order valence-corrected chi connectivity index (χ0v) is 11.0. The topological polar surface area (TPSA) is 42.0 Å². The first-order valence-corrected chi connectivity index (χ1v) is 6.51. The summed E-state index contributed by atoms with van der Waals surface area (Å²) in [6.45, 7) is 2.02. The van der Waals surface area contributed by atoms with Gasteiger partial charge < -0.3 is 5.32 Å². The number of hydrogen-bond acceptors (Lipinski definition) is 2. The molecule has 1 aromatic heterocycles. The van der Waals surface area contributed by atoms with Gasteiger partial charge in [0, 0.05) is 12.2 Å². The van der Waals surface area contributed by atoms with Gasteiger partial charge in [0.25, 0.3) is 5.91 Å². The van der Waals surface area contributed by atoms with Crippen LogP contribution in [-0.2, 0) is 6.42 Å². The van der Waals surface area contributed by atoms with E-state index < -0.39 is 0 Å². The fourth-order valence-electron chi connectivity index (χ4n) is 1.89. The first-order chi connectivity index (χ1) is 9.25. The summed E-state index contributed by atoms with van der Waals surface area (Å²) in [7, 11) is 0. The summed E-state index contributed by atoms with van der Waals surface area (Å²) < 4.78 is 0. The van der Waals surface area contributed by atoms with Crippen LogP contribution < -0.4 is 5.32 Å². The van der Waals surface area contributed by atoms with Crippen LogP contribution in [0.25, 0.3) is 0 Å². The van der Waals surface area contributed by atoms with Crippen LogP contribution >= 0.6 is 0 Å². The van der Waals surface area contributed by atoms with Gasteiger partial charge in [-0.1, -0.05) is 36.4 Å². The number of benzene rings is 1. The van der Waals surface area contributed by atoms with Gasteiger partial charge in [0.1, 0.15) is 5.69 Å². The van der Waals surface area contributed by atoms with Crippen molar-refractivity contribution < 1.29 is 4.79 Å². The molecule has 19 heavy (non-hydrogen) atoms. The lowest BCUT2D eigenvalue weighted by atomic mass is 10.1. The minimum atomic E-state index is -0.110. The number of aromatic nitrogens is 1. The van der Waals surface area contributed by atoms with Gasteiger partial charge in [-0.25, -0.2) is 0 Å². The van der Waals surface area contributed by atoms with Gasteiger partial charge in [-0.2, -0.15) is 0 Å². The van der Waals surface area contributed by atoms with Crippen LogP contribution in [0.4, 0.5) is 0 Å². The predicted octanol–water partition coefficient (Wildman–Crippen LogP) is 2.83. The van der Waals surface area contributed by atoms with Crippen molar-refractivity contribution >= 4 is 5.91 Å². The number of aryl methyl sites for hydroxylation is 1. The number of amides is 1. The summed E-state index contributed by atoms with van der Waals surface area (Å²) in [5.74, 6) is -0.110. The third kappa shape index (κ3) is 4.21. The van der Waals surface area contributed by atoms with E-state index in [1.165, 1.54) is 5.56 Å². The van der Waals surface area contributed by atoms with Gasteiger partial charge in [-0.15, -0.1) is 0 Å². The molecule has 2 aromatic rings. The van der Waals surface area contributed by atoms with E-state index in [-0.39, 0.29) is 11.9 Å². The fourth-order valence-corrected chi connectivity index (χ4v) is 1.89. The molecule has 1 amide bonds. The quantitative estimate of drug-likeness (QED) is 0.891. The second kappa shape index (κ2) is 6.69. The Morgan fingerprint density at radius 3 is 2.58 bits per heavy atom. The molecule has 0 aliphatic rings. The Kier molecular flexibility index (Phi) is 4.67. The van der Waals surface area contributed by atoms with Gasteiger partial charge in [0.15, 0.2) is 0 Å². The van der Waals surface area contributed by atoms with Crippen LogP contribution in [0.2, 0.25) is 0 Å². The number of pyridine rings is 1. The third-order valence-corrected chi connectivity index (χ3v) is 2.98. The molecular weight excluding hydrogens is 236 g/mol. The third-order valence-electron chi connectivity index (χ3n) is 2.98. The van der Waals surface area contributed by atoms with E-state index in [0.29, 0.717) is 5.69 Å². The zero-order valence-electron chi connectivity index (χ0n) is 11.0. The zero-order chi connectivity index (χ0) is 13.5. The highest BCUT2D eigenvalue weighted by atomic mass is 16.1. The molecule has 0 saturated heterocycles. The van der Waals surface area contributed by atoms with Gasteiger partial charge >= 0.3 is 0 Å². The molecule has 1 heterocycles. The van der Waals surface area contributed by atoms with E-state index in [0.717, 1.165) is 12.8 Å². The van der Waals surface area contributed by atoms with Crippen molar-refractivity contribution in [3.63, 3.8) is 0 Å². The molecule has 0 aliphatic heterocycles. The van der Waals surface area contributed by atoms with Crippen LogP contribution in [0.15, 0.2) is 54.7 Å². The highest BCUT2D eigenvalue weighted by Crippen LogP contribution is 2.05. The van der Waals surface area contributed by atoms with Gasteiger partial charge in [-0.3, -0.25) is 9.78 Å². The monoisotopic (exact) mass is 254 g/mol. The van der Waals surface area contributed by atoms with E-state index in [4.69, 9.17) is 0 Å². The van der Waals surface area contributed by atoms with E-state index >= 15 is 0 Å². The second-order valence-corrected chi connectivity index (χ2v) is 4.61. The first-order valence-electron chi connectivity index (χ1n) is 6.51. The second-order valence-electron chi connectivity index (χ2n) is 4.61. The van der Waals surface area contributed by atoms with E-state index in [1.807, 2.05) is 31.2 Å².